The Morgan fingerprint density at radius 2 is 0.908 bits per heavy atom. The number of nitrogens with zero attached hydrogens (tertiary/aromatic N) is 6. The fourth-order valence-corrected chi connectivity index (χ4v) is 10.5. The van der Waals surface area contributed by atoms with Gasteiger partial charge in [0.15, 0.2) is 17.5 Å². The first kappa shape index (κ1) is 37.1. The first-order valence-corrected chi connectivity index (χ1v) is 22.5. The van der Waals surface area contributed by atoms with Crippen LogP contribution in [0.15, 0.2) is 218 Å². The van der Waals surface area contributed by atoms with Crippen LogP contribution in [0.2, 0.25) is 0 Å². The standard InChI is InChI=1S/C58H36N6S/c1-4-16-37(17-5-1)55-60-56(38-18-6-2-7-19-38)62-57(61-55)45-25-15-29-53-54(45)47-36-40(31-33-52(47)65-53)39-30-32-50-46(35-39)44-24-10-12-27-49(44)63(50)43-23-14-20-41(34-43)58-59-48-26-11-13-28-51(48)64(58)42-21-8-3-9-22-42/h1-36H. The van der Waals surface area contributed by atoms with E-state index < -0.39 is 0 Å². The van der Waals surface area contributed by atoms with Crippen molar-refractivity contribution in [3.8, 4) is 68.1 Å². The molecule has 65 heavy (non-hydrogen) atoms. The van der Waals surface area contributed by atoms with Crippen LogP contribution in [-0.4, -0.2) is 29.1 Å². The summed E-state index contributed by atoms with van der Waals surface area (Å²) in [4.78, 5) is 20.4. The second-order valence-electron chi connectivity index (χ2n) is 16.3. The van der Waals surface area contributed by atoms with E-state index in [0.717, 1.165) is 78.0 Å². The van der Waals surface area contributed by atoms with Crippen molar-refractivity contribution in [3.05, 3.63) is 218 Å². The molecule has 0 aliphatic heterocycles. The number of thiophene rings is 1. The largest absolute Gasteiger partial charge is 0.309 e. The predicted octanol–water partition coefficient (Wildman–Crippen LogP) is 15.0. The van der Waals surface area contributed by atoms with E-state index >= 15 is 0 Å². The van der Waals surface area contributed by atoms with Gasteiger partial charge in [0.25, 0.3) is 0 Å². The van der Waals surface area contributed by atoms with Crippen molar-refractivity contribution in [1.29, 1.82) is 0 Å². The third-order valence-electron chi connectivity index (χ3n) is 12.4. The van der Waals surface area contributed by atoms with Gasteiger partial charge in [0.05, 0.1) is 22.1 Å². The van der Waals surface area contributed by atoms with Crippen LogP contribution in [0.1, 0.15) is 0 Å². The third kappa shape index (κ3) is 6.24. The predicted molar refractivity (Wildman–Crippen MR) is 269 cm³/mol. The van der Waals surface area contributed by atoms with Crippen molar-refractivity contribution in [2.75, 3.05) is 0 Å². The Labute approximate surface area is 378 Å². The second kappa shape index (κ2) is 15.1. The number of benzene rings is 9. The van der Waals surface area contributed by atoms with Gasteiger partial charge >= 0.3 is 0 Å². The van der Waals surface area contributed by atoms with Crippen molar-refractivity contribution in [3.63, 3.8) is 0 Å². The molecule has 13 rings (SSSR count). The van der Waals surface area contributed by atoms with E-state index in [2.05, 4.69) is 191 Å². The maximum absolute atomic E-state index is 5.19. The fourth-order valence-electron chi connectivity index (χ4n) is 9.39. The van der Waals surface area contributed by atoms with Gasteiger partial charge in [0.2, 0.25) is 0 Å². The molecule has 13 aromatic rings. The van der Waals surface area contributed by atoms with Gasteiger partial charge in [-0.2, -0.15) is 0 Å². The van der Waals surface area contributed by atoms with E-state index in [1.54, 1.807) is 11.3 Å². The summed E-state index contributed by atoms with van der Waals surface area (Å²) >= 11 is 1.80. The molecule has 0 amide bonds. The average Bonchev–Trinajstić information content (AvgIpc) is 4.07. The highest BCUT2D eigenvalue weighted by Gasteiger charge is 2.20. The summed E-state index contributed by atoms with van der Waals surface area (Å²) in [6.07, 6.45) is 0. The Kier molecular flexibility index (Phi) is 8.60. The lowest BCUT2D eigenvalue weighted by Crippen LogP contribution is -2.00. The maximum atomic E-state index is 5.19. The summed E-state index contributed by atoms with van der Waals surface area (Å²) in [6, 6.07) is 76.9. The smallest absolute Gasteiger partial charge is 0.164 e. The van der Waals surface area contributed by atoms with Crippen LogP contribution in [0.3, 0.4) is 0 Å². The molecular formula is C58H36N6S. The van der Waals surface area contributed by atoms with Gasteiger partial charge in [-0.15, -0.1) is 11.3 Å². The van der Waals surface area contributed by atoms with E-state index in [9.17, 15) is 0 Å². The van der Waals surface area contributed by atoms with Gasteiger partial charge in [-0.25, -0.2) is 19.9 Å². The van der Waals surface area contributed by atoms with E-state index in [0.29, 0.717) is 17.5 Å². The Balaban J connectivity index is 0.944. The number of hydrogen-bond donors (Lipinski definition) is 0. The molecule has 0 unspecified atom stereocenters. The fraction of sp³-hybridized carbons (Fsp3) is 0. The summed E-state index contributed by atoms with van der Waals surface area (Å²) in [5, 5.41) is 4.73. The highest BCUT2D eigenvalue weighted by Crippen LogP contribution is 2.43. The van der Waals surface area contributed by atoms with Crippen LogP contribution >= 0.6 is 11.3 Å². The minimum atomic E-state index is 0.651. The zero-order chi connectivity index (χ0) is 42.8. The quantitative estimate of drug-likeness (QED) is 0.160. The summed E-state index contributed by atoms with van der Waals surface area (Å²) in [5.74, 6) is 2.87. The molecule has 0 bridgehead atoms. The molecule has 0 fully saturated rings. The van der Waals surface area contributed by atoms with Crippen LogP contribution < -0.4 is 0 Å². The average molecular weight is 849 g/mol. The van der Waals surface area contributed by atoms with Gasteiger partial charge in [0, 0.05) is 64.6 Å². The number of rotatable bonds is 7. The van der Waals surface area contributed by atoms with Gasteiger partial charge < -0.3 is 4.57 Å². The summed E-state index contributed by atoms with van der Waals surface area (Å²) in [7, 11) is 0. The zero-order valence-corrected chi connectivity index (χ0v) is 35.7. The highest BCUT2D eigenvalue weighted by molar-refractivity contribution is 7.26. The first-order valence-electron chi connectivity index (χ1n) is 21.7. The summed E-state index contributed by atoms with van der Waals surface area (Å²) in [5.41, 5.74) is 12.7. The highest BCUT2D eigenvalue weighted by atomic mass is 32.1. The zero-order valence-electron chi connectivity index (χ0n) is 34.9. The molecule has 304 valence electrons. The minimum Gasteiger partial charge on any atom is -0.309 e. The SMILES string of the molecule is c1ccc(-c2nc(-c3ccccc3)nc(-c3cccc4sc5ccc(-c6ccc7c(c6)c6ccccc6n7-c6cccc(-c7nc8ccccc8n7-c7ccccc7)c6)cc5c34)n2)cc1. The van der Waals surface area contributed by atoms with E-state index in [-0.39, 0.29) is 0 Å². The van der Waals surface area contributed by atoms with Gasteiger partial charge in [-0.3, -0.25) is 4.57 Å². The molecule has 4 heterocycles. The van der Waals surface area contributed by atoms with E-state index in [4.69, 9.17) is 19.9 Å². The Hall–Kier alpha value is -8.52. The topological polar surface area (TPSA) is 61.4 Å². The lowest BCUT2D eigenvalue weighted by atomic mass is 9.99. The summed E-state index contributed by atoms with van der Waals surface area (Å²) in [6.45, 7) is 0. The number of imidazole rings is 1. The maximum Gasteiger partial charge on any atom is 0.164 e. The van der Waals surface area contributed by atoms with Gasteiger partial charge in [-0.05, 0) is 83.9 Å². The molecule has 0 N–H and O–H groups in total. The molecule has 0 atom stereocenters. The minimum absolute atomic E-state index is 0.651. The Morgan fingerprint density at radius 1 is 0.323 bits per heavy atom. The van der Waals surface area contributed by atoms with E-state index in [1.165, 1.54) is 25.6 Å². The van der Waals surface area contributed by atoms with Gasteiger partial charge in [-0.1, -0.05) is 146 Å². The van der Waals surface area contributed by atoms with Crippen LogP contribution in [0.5, 0.6) is 0 Å². The van der Waals surface area contributed by atoms with Crippen LogP contribution in [0.4, 0.5) is 0 Å². The Morgan fingerprint density at radius 3 is 1.68 bits per heavy atom. The van der Waals surface area contributed by atoms with Gasteiger partial charge in [0.1, 0.15) is 5.82 Å². The molecule has 4 aromatic heterocycles. The monoisotopic (exact) mass is 848 g/mol. The lowest BCUT2D eigenvalue weighted by molar-refractivity contribution is 1.08. The Bertz CT molecular complexity index is 3890. The molecule has 9 aromatic carbocycles. The molecule has 0 saturated heterocycles. The van der Waals surface area contributed by atoms with Crippen LogP contribution in [-0.2, 0) is 0 Å². The van der Waals surface area contributed by atoms with Crippen LogP contribution in [0.25, 0.3) is 121 Å². The van der Waals surface area contributed by atoms with Crippen molar-refractivity contribution in [2.24, 2.45) is 0 Å². The second-order valence-corrected chi connectivity index (χ2v) is 17.3. The molecule has 0 spiro atoms. The molecule has 0 saturated carbocycles. The van der Waals surface area contributed by atoms with Crippen LogP contribution in [0, 0.1) is 0 Å². The number of fused-ring (bicyclic) bond motifs is 7. The molecule has 0 radical (unpaired) electrons. The number of hydrogen-bond acceptors (Lipinski definition) is 5. The number of aromatic nitrogens is 6. The molecule has 0 aliphatic rings. The van der Waals surface area contributed by atoms with Crippen molar-refractivity contribution >= 4 is 64.3 Å². The third-order valence-corrected chi connectivity index (χ3v) is 13.5. The molecular weight excluding hydrogens is 813 g/mol. The molecule has 7 heteroatoms. The summed E-state index contributed by atoms with van der Waals surface area (Å²) < 4.78 is 7.06. The van der Waals surface area contributed by atoms with Crippen molar-refractivity contribution in [1.82, 2.24) is 29.1 Å². The lowest BCUT2D eigenvalue weighted by Gasteiger charge is -2.12. The first-order chi connectivity index (χ1) is 32.2. The van der Waals surface area contributed by atoms with Crippen molar-refractivity contribution < 1.29 is 0 Å². The van der Waals surface area contributed by atoms with Crippen molar-refractivity contribution in [2.45, 2.75) is 0 Å². The normalized spacial score (nSPS) is 11.7. The molecule has 6 nitrogen and oxygen atoms in total. The molecule has 0 aliphatic carbocycles. The number of para-hydroxylation sites is 4. The van der Waals surface area contributed by atoms with E-state index in [1.807, 2.05) is 36.4 Å².